The Hall–Kier alpha value is -3.53. The van der Waals surface area contributed by atoms with Gasteiger partial charge in [0.05, 0.1) is 34.8 Å². The van der Waals surface area contributed by atoms with Crippen LogP contribution >= 0.6 is 0 Å². The predicted molar refractivity (Wildman–Crippen MR) is 122 cm³/mol. The van der Waals surface area contributed by atoms with Crippen LogP contribution in [-0.2, 0) is 0 Å². The number of aromatic amines is 1. The Morgan fingerprint density at radius 3 is 2.61 bits per heavy atom. The number of benzene rings is 1. The third-order valence-electron chi connectivity index (χ3n) is 7.11. The highest BCUT2D eigenvalue weighted by Crippen LogP contribution is 2.54. The van der Waals surface area contributed by atoms with Crippen molar-refractivity contribution in [3.8, 4) is 17.1 Å². The van der Waals surface area contributed by atoms with E-state index in [0.29, 0.717) is 27.8 Å². The molecule has 4 aromatic rings. The number of ether oxygens (including phenoxy) is 1. The van der Waals surface area contributed by atoms with Gasteiger partial charge in [-0.15, -0.1) is 0 Å². The van der Waals surface area contributed by atoms with Crippen LogP contribution in [0.5, 0.6) is 6.01 Å². The van der Waals surface area contributed by atoms with Crippen molar-refractivity contribution in [1.29, 1.82) is 0 Å². The number of nitrogens with zero attached hydrogens (tertiary/aromatic N) is 4. The van der Waals surface area contributed by atoms with Crippen LogP contribution in [0.1, 0.15) is 12.8 Å². The molecule has 4 N–H and O–H groups in total. The molecule has 8 nitrogen and oxygen atoms in total. The molecular weight excluding hydrogens is 428 g/mol. The first-order valence-corrected chi connectivity index (χ1v) is 10.8. The lowest BCUT2D eigenvalue weighted by molar-refractivity contribution is 0.380. The number of anilines is 2. The topological polar surface area (TPSA) is 105 Å². The zero-order chi connectivity index (χ0) is 22.9. The van der Waals surface area contributed by atoms with E-state index >= 15 is 4.39 Å². The molecule has 1 saturated heterocycles. The van der Waals surface area contributed by atoms with Gasteiger partial charge >= 0.3 is 6.01 Å². The Kier molecular flexibility index (Phi) is 4.25. The van der Waals surface area contributed by atoms with Crippen LogP contribution in [0.3, 0.4) is 0 Å². The molecule has 1 spiro atoms. The van der Waals surface area contributed by atoms with Gasteiger partial charge in [-0.05, 0) is 12.8 Å². The van der Waals surface area contributed by atoms with E-state index in [1.807, 2.05) is 0 Å². The average molecular weight is 451 g/mol. The lowest BCUT2D eigenvalue weighted by atomic mass is 10.0. The van der Waals surface area contributed by atoms with Crippen molar-refractivity contribution >= 4 is 33.3 Å². The fourth-order valence-electron chi connectivity index (χ4n) is 5.17. The summed E-state index contributed by atoms with van der Waals surface area (Å²) in [6.07, 6.45) is 6.95. The Labute approximate surface area is 188 Å². The minimum atomic E-state index is -0.918. The molecule has 6 rings (SSSR count). The molecule has 0 bridgehead atoms. The van der Waals surface area contributed by atoms with Gasteiger partial charge < -0.3 is 25.7 Å². The summed E-state index contributed by atoms with van der Waals surface area (Å²) >= 11 is 0. The first-order chi connectivity index (χ1) is 16.0. The van der Waals surface area contributed by atoms with Crippen molar-refractivity contribution < 1.29 is 13.5 Å². The van der Waals surface area contributed by atoms with Gasteiger partial charge in [0.1, 0.15) is 5.65 Å². The maximum absolute atomic E-state index is 15.3. The number of pyridine rings is 1. The van der Waals surface area contributed by atoms with E-state index in [4.69, 9.17) is 10.5 Å². The fourth-order valence-corrected chi connectivity index (χ4v) is 5.17. The molecule has 2 fully saturated rings. The van der Waals surface area contributed by atoms with Gasteiger partial charge in [0.15, 0.2) is 11.6 Å². The van der Waals surface area contributed by atoms with Crippen LogP contribution < -0.4 is 20.7 Å². The molecule has 4 heterocycles. The van der Waals surface area contributed by atoms with E-state index in [2.05, 4.69) is 30.2 Å². The number of nitrogens with one attached hydrogen (secondary N) is 2. The summed E-state index contributed by atoms with van der Waals surface area (Å²) < 4.78 is 34.9. The molecule has 1 aliphatic carbocycles. The number of halogens is 2. The molecule has 2 aliphatic rings. The van der Waals surface area contributed by atoms with Crippen LogP contribution in [0.15, 0.2) is 24.7 Å². The van der Waals surface area contributed by atoms with Gasteiger partial charge in [-0.3, -0.25) is 0 Å². The van der Waals surface area contributed by atoms with Crippen LogP contribution in [0.25, 0.3) is 33.1 Å². The molecule has 1 aliphatic heterocycles. The van der Waals surface area contributed by atoms with E-state index in [1.54, 1.807) is 25.6 Å². The van der Waals surface area contributed by atoms with Crippen LogP contribution in [-0.4, -0.2) is 53.2 Å². The van der Waals surface area contributed by atoms with E-state index in [1.165, 1.54) is 7.11 Å². The minimum absolute atomic E-state index is 0.0787. The second-order valence-electron chi connectivity index (χ2n) is 8.89. The first-order valence-electron chi connectivity index (χ1n) is 10.8. The number of H-pyrrole nitrogens is 1. The average Bonchev–Trinajstić information content (AvgIpc) is 3.16. The lowest BCUT2D eigenvalue weighted by Gasteiger charge is -2.23. The largest absolute Gasteiger partial charge is 0.467 e. The van der Waals surface area contributed by atoms with Gasteiger partial charge in [-0.1, -0.05) is 0 Å². The smallest absolute Gasteiger partial charge is 0.316 e. The van der Waals surface area contributed by atoms with Crippen molar-refractivity contribution in [2.45, 2.75) is 18.9 Å². The zero-order valence-corrected chi connectivity index (χ0v) is 18.2. The van der Waals surface area contributed by atoms with E-state index < -0.39 is 11.6 Å². The number of hydrogen-bond donors (Lipinski definition) is 3. The Bertz CT molecular complexity index is 1400. The summed E-state index contributed by atoms with van der Waals surface area (Å²) in [5.74, 6) is -1.82. The van der Waals surface area contributed by atoms with Crippen molar-refractivity contribution in [3.05, 3.63) is 36.3 Å². The third kappa shape index (κ3) is 2.86. The van der Waals surface area contributed by atoms with E-state index in [-0.39, 0.29) is 22.9 Å². The maximum Gasteiger partial charge on any atom is 0.316 e. The Balaban J connectivity index is 1.66. The second kappa shape index (κ2) is 6.98. The zero-order valence-electron chi connectivity index (χ0n) is 18.2. The van der Waals surface area contributed by atoms with Gasteiger partial charge in [0.2, 0.25) is 0 Å². The monoisotopic (exact) mass is 451 g/mol. The summed E-state index contributed by atoms with van der Waals surface area (Å²) in [5.41, 5.74) is 9.98. The van der Waals surface area contributed by atoms with Crippen molar-refractivity contribution in [2.75, 3.05) is 37.5 Å². The van der Waals surface area contributed by atoms with Gasteiger partial charge in [0.25, 0.3) is 0 Å². The lowest BCUT2D eigenvalue weighted by Crippen LogP contribution is -2.23. The number of aromatic nitrogens is 4. The molecule has 33 heavy (non-hydrogen) atoms. The summed E-state index contributed by atoms with van der Waals surface area (Å²) in [6, 6.07) is 1.57. The molecule has 3 aromatic heterocycles. The van der Waals surface area contributed by atoms with E-state index in [0.717, 1.165) is 43.2 Å². The molecule has 1 aromatic carbocycles. The summed E-state index contributed by atoms with van der Waals surface area (Å²) in [4.78, 5) is 18.4. The molecule has 0 amide bonds. The maximum atomic E-state index is 15.3. The molecule has 1 saturated carbocycles. The summed E-state index contributed by atoms with van der Waals surface area (Å²) in [7, 11) is 3.17. The molecule has 170 valence electrons. The summed E-state index contributed by atoms with van der Waals surface area (Å²) in [5, 5.41) is 3.66. The first kappa shape index (κ1) is 20.1. The quantitative estimate of drug-likeness (QED) is 0.437. The Morgan fingerprint density at radius 2 is 1.97 bits per heavy atom. The standard InChI is InChI=1S/C23H23F2N7O/c1-27-14-5-13(24)18(25)16-17-20(32-4-3-23(10-32)6-15(23)26)12(9-28-21(17)31-19(14)16)11-7-29-22(33-2)30-8-11/h5,7-9,15,27H,3-4,6,10,26H2,1-2H3,(H,28,31)/t15-,23?/m1/s1. The van der Waals surface area contributed by atoms with Crippen molar-refractivity contribution in [1.82, 2.24) is 19.9 Å². The second-order valence-corrected chi connectivity index (χ2v) is 8.89. The fraction of sp³-hybridized carbons (Fsp3) is 0.348. The number of fused-ring (bicyclic) bond motifs is 3. The molecule has 10 heteroatoms. The highest BCUT2D eigenvalue weighted by atomic mass is 19.2. The molecule has 1 unspecified atom stereocenters. The number of rotatable bonds is 4. The number of hydrogen-bond acceptors (Lipinski definition) is 7. The van der Waals surface area contributed by atoms with E-state index in [9.17, 15) is 4.39 Å². The highest BCUT2D eigenvalue weighted by Gasteiger charge is 2.55. The van der Waals surface area contributed by atoms with Crippen LogP contribution in [0, 0.1) is 17.0 Å². The summed E-state index contributed by atoms with van der Waals surface area (Å²) in [6.45, 7) is 1.51. The number of nitrogens with two attached hydrogens (primary N) is 1. The van der Waals surface area contributed by atoms with Crippen molar-refractivity contribution in [3.63, 3.8) is 0 Å². The van der Waals surface area contributed by atoms with Gasteiger partial charge in [-0.25, -0.2) is 23.7 Å². The van der Waals surface area contributed by atoms with Crippen LogP contribution in [0.2, 0.25) is 0 Å². The highest BCUT2D eigenvalue weighted by molar-refractivity contribution is 6.18. The van der Waals surface area contributed by atoms with Gasteiger partial charge in [-0.2, -0.15) is 0 Å². The third-order valence-corrected chi connectivity index (χ3v) is 7.11. The number of methoxy groups -OCH3 is 1. The van der Waals surface area contributed by atoms with Crippen LogP contribution in [0.4, 0.5) is 20.2 Å². The SMILES string of the molecule is CNc1cc(F)c(F)c2c1[nH]c1ncc(-c3cnc(OC)nc3)c(N3CCC4(C[C@H]4N)C3)c12. The Morgan fingerprint density at radius 1 is 1.21 bits per heavy atom. The predicted octanol–water partition coefficient (Wildman–Crippen LogP) is 3.43. The van der Waals surface area contributed by atoms with Crippen molar-refractivity contribution in [2.24, 2.45) is 11.1 Å². The normalized spacial score (nSPS) is 22.0. The minimum Gasteiger partial charge on any atom is -0.467 e. The molecule has 2 atom stereocenters. The molecule has 0 radical (unpaired) electrons. The van der Waals surface area contributed by atoms with Gasteiger partial charge in [0, 0.05) is 67.4 Å². The molecular formula is C23H23F2N7O.